The first-order valence-corrected chi connectivity index (χ1v) is 6.92. The lowest BCUT2D eigenvalue weighted by Crippen LogP contribution is -2.59. The van der Waals surface area contributed by atoms with Crippen LogP contribution >= 0.6 is 0 Å². The molecule has 0 aromatic rings. The van der Waals surface area contributed by atoms with E-state index in [1.807, 2.05) is 20.8 Å². The maximum absolute atomic E-state index is 12.0. The molecule has 2 unspecified atom stereocenters. The van der Waals surface area contributed by atoms with Gasteiger partial charge in [-0.2, -0.15) is 5.90 Å². The first-order valence-electron chi connectivity index (χ1n) is 5.44. The number of rotatable bonds is 2. The largest absolute Gasteiger partial charge is 0.459 e. The molecule has 0 aliphatic heterocycles. The van der Waals surface area contributed by atoms with Crippen LogP contribution < -0.4 is 5.90 Å². The molecule has 5 nitrogen and oxygen atoms in total. The van der Waals surface area contributed by atoms with Crippen molar-refractivity contribution in [2.24, 2.45) is 23.2 Å². The Morgan fingerprint density at radius 2 is 2.06 bits per heavy atom. The third kappa shape index (κ3) is 1.33. The summed E-state index contributed by atoms with van der Waals surface area (Å²) in [4.78, 5) is 12.0. The third-order valence-corrected chi connectivity index (χ3v) is 6.24. The molecule has 0 saturated heterocycles. The van der Waals surface area contributed by atoms with Gasteiger partial charge in [-0.05, 0) is 22.0 Å². The maximum atomic E-state index is 12.0. The van der Waals surface area contributed by atoms with Gasteiger partial charge in [0.05, 0.1) is 4.55 Å². The van der Waals surface area contributed by atoms with E-state index in [0.717, 1.165) is 0 Å². The maximum Gasteiger partial charge on any atom is 0.459 e. The molecule has 2 bridgehead atoms. The first kappa shape index (κ1) is 12.2. The van der Waals surface area contributed by atoms with Gasteiger partial charge in [0.2, 0.25) is 0 Å². The Morgan fingerprint density at radius 3 is 2.50 bits per heavy atom. The smallest absolute Gasteiger partial charge is 0.293 e. The van der Waals surface area contributed by atoms with Crippen LogP contribution in [0.3, 0.4) is 0 Å². The summed E-state index contributed by atoms with van der Waals surface area (Å²) < 4.78 is 27.7. The van der Waals surface area contributed by atoms with Crippen LogP contribution in [0.2, 0.25) is 0 Å². The molecule has 0 amide bonds. The molecular formula is C10H18NO4S+2. The summed E-state index contributed by atoms with van der Waals surface area (Å²) in [6, 6.07) is 0. The van der Waals surface area contributed by atoms with E-state index >= 15 is 0 Å². The minimum atomic E-state index is -3.83. The van der Waals surface area contributed by atoms with Crippen molar-refractivity contribution >= 4 is 16.3 Å². The molecule has 3 N–H and O–H groups in total. The standard InChI is InChI=1S/C10H18NO4S/c1-5-6-4-7(10(5,2)3)9(8(6)12)16(13,14)15-11/h5-7,9H,4H2,1-3,11H3/q+2/t5?,6-,7-,9+/m0/s1. The lowest BCUT2D eigenvalue weighted by atomic mass is 9.69. The molecule has 2 saturated carbocycles. The van der Waals surface area contributed by atoms with Gasteiger partial charge in [-0.25, -0.2) is 0 Å². The van der Waals surface area contributed by atoms with E-state index in [2.05, 4.69) is 10.2 Å². The Hall–Kier alpha value is -0.300. The van der Waals surface area contributed by atoms with Gasteiger partial charge in [0.15, 0.2) is 5.78 Å². The van der Waals surface area contributed by atoms with E-state index in [1.54, 1.807) is 0 Å². The molecule has 2 aliphatic rings. The second-order valence-electron chi connectivity index (χ2n) is 5.49. The van der Waals surface area contributed by atoms with E-state index in [9.17, 15) is 13.6 Å². The van der Waals surface area contributed by atoms with Crippen LogP contribution in [0.5, 0.6) is 0 Å². The number of fused-ring (bicyclic) bond motifs is 2. The van der Waals surface area contributed by atoms with Gasteiger partial charge in [-0.3, -0.25) is 4.79 Å². The number of hydrogen-bond donors (Lipinski definition) is 1. The van der Waals surface area contributed by atoms with Gasteiger partial charge in [-0.1, -0.05) is 20.8 Å². The van der Waals surface area contributed by atoms with Crippen molar-refractivity contribution < 1.29 is 23.7 Å². The zero-order chi connectivity index (χ0) is 12.3. The van der Waals surface area contributed by atoms with Crippen LogP contribution in [-0.2, 0) is 28.3 Å². The monoisotopic (exact) mass is 248 g/mol. The molecule has 2 aliphatic carbocycles. The van der Waals surface area contributed by atoms with Gasteiger partial charge < -0.3 is 0 Å². The Balaban J connectivity index is 2.40. The summed E-state index contributed by atoms with van der Waals surface area (Å²) in [5.41, 5.74) is -0.130. The van der Waals surface area contributed by atoms with Crippen LogP contribution in [-0.4, -0.2) is 11.0 Å². The van der Waals surface area contributed by atoms with Crippen LogP contribution in [0.15, 0.2) is 0 Å². The molecule has 0 heterocycles. The number of Topliss-reactive ketones (excluding diaryl/α,β-unsaturated/α-hetero) is 1. The number of quaternary nitrogens is 1. The first-order chi connectivity index (χ1) is 7.23. The normalized spacial score (nSPS) is 44.7. The molecular weight excluding hydrogens is 230 g/mol. The minimum absolute atomic E-state index is 0.130. The molecule has 0 aromatic carbocycles. The second-order valence-corrected chi connectivity index (χ2v) is 7.22. The van der Waals surface area contributed by atoms with Gasteiger partial charge in [-0.15, -0.1) is 0 Å². The van der Waals surface area contributed by atoms with Gasteiger partial charge in [0.1, 0.15) is 0 Å². The Kier molecular flexibility index (Phi) is 2.55. The van der Waals surface area contributed by atoms with Crippen LogP contribution in [0.25, 0.3) is 0 Å². The van der Waals surface area contributed by atoms with Crippen molar-refractivity contribution in [3.05, 3.63) is 0 Å². The zero-order valence-electron chi connectivity index (χ0n) is 9.76. The van der Waals surface area contributed by atoms with Crippen LogP contribution in [0.1, 0.15) is 27.2 Å². The highest BCUT2D eigenvalue weighted by Crippen LogP contribution is 2.59. The Labute approximate surface area is 96.1 Å². The predicted molar refractivity (Wildman–Crippen MR) is 56.0 cm³/mol. The number of ketones is 1. The van der Waals surface area contributed by atoms with E-state index < -0.39 is 15.7 Å². The molecule has 91 valence electrons. The van der Waals surface area contributed by atoms with Crippen molar-refractivity contribution in [2.45, 2.75) is 32.4 Å². The number of hydrogen-bond acceptors (Lipinski definition) is 3. The topological polar surface area (TPSA) is 90.9 Å². The summed E-state index contributed by atoms with van der Waals surface area (Å²) in [7, 11) is -3.83. The van der Waals surface area contributed by atoms with E-state index in [1.165, 1.54) is 0 Å². The highest BCUT2D eigenvalue weighted by Gasteiger charge is 2.70. The molecule has 0 aromatic heterocycles. The average molecular weight is 248 g/mol. The molecule has 6 heteroatoms. The minimum Gasteiger partial charge on any atom is -0.293 e. The summed E-state index contributed by atoms with van der Waals surface area (Å²) in [6.45, 7) is 6.08. The molecule has 1 radical (unpaired) electrons. The second kappa shape index (κ2) is 3.35. The van der Waals surface area contributed by atoms with Crippen molar-refractivity contribution in [2.75, 3.05) is 0 Å². The average Bonchev–Trinajstić information content (AvgIpc) is 2.64. The van der Waals surface area contributed by atoms with Crippen LogP contribution in [0.4, 0.5) is 0 Å². The third-order valence-electron chi connectivity index (χ3n) is 4.73. The Morgan fingerprint density at radius 1 is 1.50 bits per heavy atom. The highest BCUT2D eigenvalue weighted by atomic mass is 32.3. The molecule has 2 rings (SSSR count). The fourth-order valence-electron chi connectivity index (χ4n) is 3.34. The quantitative estimate of drug-likeness (QED) is 0.558. The highest BCUT2D eigenvalue weighted by molar-refractivity contribution is 7.94. The predicted octanol–water partition coefficient (Wildman–Crippen LogP) is 0.170. The van der Waals surface area contributed by atoms with Gasteiger partial charge >= 0.3 is 10.5 Å². The van der Waals surface area contributed by atoms with Crippen LogP contribution in [0, 0.1) is 23.2 Å². The van der Waals surface area contributed by atoms with Crippen molar-refractivity contribution in [3.8, 4) is 0 Å². The van der Waals surface area contributed by atoms with Crippen molar-refractivity contribution in [3.63, 3.8) is 0 Å². The molecule has 5 atom stereocenters. The lowest BCUT2D eigenvalue weighted by molar-refractivity contribution is -0.637. The number of carbonyl (C=O) groups excluding carboxylic acids is 1. The van der Waals surface area contributed by atoms with Crippen molar-refractivity contribution in [1.82, 2.24) is 0 Å². The fraction of sp³-hybridized carbons (Fsp3) is 0.900. The molecule has 16 heavy (non-hydrogen) atoms. The van der Waals surface area contributed by atoms with Gasteiger partial charge in [0.25, 0.3) is 5.25 Å². The van der Waals surface area contributed by atoms with Gasteiger partial charge in [0, 0.05) is 16.1 Å². The Bertz CT molecular complexity index is 381. The summed E-state index contributed by atoms with van der Waals surface area (Å²) in [6.07, 6.45) is 0.667. The van der Waals surface area contributed by atoms with E-state index in [-0.39, 0.29) is 29.0 Å². The summed E-state index contributed by atoms with van der Waals surface area (Å²) in [5.74, 6) is 2.74. The lowest BCUT2D eigenvalue weighted by Gasteiger charge is -2.36. The van der Waals surface area contributed by atoms with E-state index in [4.69, 9.17) is 0 Å². The zero-order valence-corrected chi connectivity index (χ0v) is 10.6. The van der Waals surface area contributed by atoms with Crippen molar-refractivity contribution in [1.29, 1.82) is 0 Å². The summed E-state index contributed by atoms with van der Waals surface area (Å²) in [5, 5.41) is -0.999. The molecule has 0 spiro atoms. The fourth-order valence-corrected chi connectivity index (χ4v) is 4.81. The van der Waals surface area contributed by atoms with E-state index in [0.29, 0.717) is 6.42 Å². The number of carbonyl (C=O) groups is 1. The summed E-state index contributed by atoms with van der Waals surface area (Å²) >= 11 is 0. The SMILES string of the molecule is CC1[C@@H]2C[C@@H]([C@@H]([S+]([O])(=O)O[NH3+])C2=O)C1(C)C. The molecule has 2 fully saturated rings.